The fourth-order valence-corrected chi connectivity index (χ4v) is 3.42. The maximum atomic E-state index is 12.4. The Morgan fingerprint density at radius 1 is 1.32 bits per heavy atom. The number of carbonyl (C=O) groups excluding carboxylic acids is 1. The van der Waals surface area contributed by atoms with E-state index in [1.807, 2.05) is 7.05 Å². The first-order valence-electron chi connectivity index (χ1n) is 9.14. The molecule has 0 aliphatic carbocycles. The number of piperidine rings is 1. The van der Waals surface area contributed by atoms with Gasteiger partial charge in [-0.25, -0.2) is 4.79 Å². The van der Waals surface area contributed by atoms with E-state index in [-0.39, 0.29) is 18.2 Å². The number of urea groups is 1. The number of amides is 2. The maximum absolute atomic E-state index is 12.4. The number of aryl methyl sites for hydroxylation is 1. The smallest absolute Gasteiger partial charge is 0.317 e. The van der Waals surface area contributed by atoms with Crippen molar-refractivity contribution in [2.24, 2.45) is 0 Å². The number of benzene rings is 1. The zero-order valence-electron chi connectivity index (χ0n) is 15.2. The molecule has 0 aromatic heterocycles. The van der Waals surface area contributed by atoms with Crippen molar-refractivity contribution in [2.45, 2.75) is 31.9 Å². The van der Waals surface area contributed by atoms with Crippen molar-refractivity contribution < 1.29 is 14.3 Å². The van der Waals surface area contributed by atoms with E-state index in [1.165, 1.54) is 11.3 Å². The van der Waals surface area contributed by atoms with E-state index in [4.69, 9.17) is 9.47 Å². The van der Waals surface area contributed by atoms with Crippen LogP contribution < -0.4 is 10.2 Å². The van der Waals surface area contributed by atoms with Gasteiger partial charge in [0.05, 0.1) is 32.5 Å². The molecule has 25 heavy (non-hydrogen) atoms. The Morgan fingerprint density at radius 3 is 2.80 bits per heavy atom. The summed E-state index contributed by atoms with van der Waals surface area (Å²) in [4.78, 5) is 16.5. The average Bonchev–Trinajstić information content (AvgIpc) is 2.63. The molecule has 138 valence electrons. The molecule has 2 saturated heterocycles. The highest BCUT2D eigenvalue weighted by molar-refractivity contribution is 5.74. The van der Waals surface area contributed by atoms with Crippen LogP contribution in [0.15, 0.2) is 24.3 Å². The Labute approximate surface area is 150 Å². The highest BCUT2D eigenvalue weighted by atomic mass is 16.6. The lowest BCUT2D eigenvalue weighted by Gasteiger charge is -2.35. The average molecular weight is 347 g/mol. The number of carbonyl (C=O) groups is 1. The van der Waals surface area contributed by atoms with Crippen LogP contribution in [0, 0.1) is 6.92 Å². The molecule has 1 aromatic rings. The van der Waals surface area contributed by atoms with Crippen LogP contribution >= 0.6 is 0 Å². The molecular formula is C19H29N3O3. The minimum atomic E-state index is -0.0248. The van der Waals surface area contributed by atoms with Gasteiger partial charge in [0.15, 0.2) is 0 Å². The van der Waals surface area contributed by atoms with Crippen LogP contribution in [0.5, 0.6) is 0 Å². The summed E-state index contributed by atoms with van der Waals surface area (Å²) in [7, 11) is 1.81. The van der Waals surface area contributed by atoms with Crippen molar-refractivity contribution in [1.82, 2.24) is 10.2 Å². The summed E-state index contributed by atoms with van der Waals surface area (Å²) in [6.07, 6.45) is 1.92. The Hall–Kier alpha value is -1.79. The van der Waals surface area contributed by atoms with Gasteiger partial charge in [-0.3, -0.25) is 0 Å². The zero-order valence-corrected chi connectivity index (χ0v) is 15.2. The summed E-state index contributed by atoms with van der Waals surface area (Å²) in [5.41, 5.74) is 2.56. The second-order valence-electron chi connectivity index (χ2n) is 7.00. The van der Waals surface area contributed by atoms with Crippen LogP contribution in [-0.4, -0.2) is 69.6 Å². The number of nitrogens with one attached hydrogen (secondary N) is 1. The molecule has 1 aromatic carbocycles. The molecule has 0 bridgehead atoms. The monoisotopic (exact) mass is 347 g/mol. The second-order valence-corrected chi connectivity index (χ2v) is 7.00. The molecule has 2 aliphatic rings. The van der Waals surface area contributed by atoms with E-state index in [1.54, 1.807) is 4.90 Å². The van der Waals surface area contributed by atoms with Crippen molar-refractivity contribution in [2.75, 3.05) is 51.4 Å². The van der Waals surface area contributed by atoms with Gasteiger partial charge in [-0.05, 0) is 37.5 Å². The Bertz CT molecular complexity index is 567. The number of nitrogens with zero attached hydrogens (tertiary/aromatic N) is 2. The molecule has 0 radical (unpaired) electrons. The molecule has 2 heterocycles. The minimum absolute atomic E-state index is 0.0207. The maximum Gasteiger partial charge on any atom is 0.317 e. The lowest BCUT2D eigenvalue weighted by atomic mass is 10.0. The quantitative estimate of drug-likeness (QED) is 0.905. The van der Waals surface area contributed by atoms with Crippen LogP contribution in [0.4, 0.5) is 10.5 Å². The second kappa shape index (κ2) is 8.54. The molecule has 6 heteroatoms. The van der Waals surface area contributed by atoms with Crippen molar-refractivity contribution in [3.8, 4) is 0 Å². The summed E-state index contributed by atoms with van der Waals surface area (Å²) in [5, 5.41) is 3.16. The number of likely N-dealkylation sites (N-methyl/N-ethyl adjacent to an activating group) is 1. The van der Waals surface area contributed by atoms with Crippen LogP contribution in [0.3, 0.4) is 0 Å². The summed E-state index contributed by atoms with van der Waals surface area (Å²) < 4.78 is 11.0. The molecule has 1 N–H and O–H groups in total. The van der Waals surface area contributed by atoms with Gasteiger partial charge in [0, 0.05) is 31.9 Å². The summed E-state index contributed by atoms with van der Waals surface area (Å²) >= 11 is 0. The van der Waals surface area contributed by atoms with Gasteiger partial charge in [-0.2, -0.15) is 0 Å². The third kappa shape index (κ3) is 5.09. The van der Waals surface area contributed by atoms with Gasteiger partial charge in [0.1, 0.15) is 0 Å². The molecular weight excluding hydrogens is 318 g/mol. The van der Waals surface area contributed by atoms with Gasteiger partial charge in [0.25, 0.3) is 0 Å². The third-order valence-electron chi connectivity index (χ3n) is 4.90. The first-order valence-corrected chi connectivity index (χ1v) is 9.14. The number of hydrogen-bond donors (Lipinski definition) is 1. The minimum Gasteiger partial charge on any atom is -0.376 e. The molecule has 2 fully saturated rings. The van der Waals surface area contributed by atoms with Crippen molar-refractivity contribution in [1.29, 1.82) is 0 Å². The third-order valence-corrected chi connectivity index (χ3v) is 4.90. The van der Waals surface area contributed by atoms with Crippen LogP contribution in [-0.2, 0) is 9.47 Å². The predicted octanol–water partition coefficient (Wildman–Crippen LogP) is 2.02. The molecule has 2 aliphatic heterocycles. The van der Waals surface area contributed by atoms with Crippen molar-refractivity contribution >= 4 is 11.7 Å². The standard InChI is InChI=1S/C19H29N3O3/c1-15-4-3-5-17(12-15)22-8-6-16(7-9-22)20-19(23)21(2)13-18-14-24-10-11-25-18/h3-5,12,16,18H,6-11,13-14H2,1-2H3,(H,20,23)/t18-/m0/s1. The summed E-state index contributed by atoms with van der Waals surface area (Å²) in [5.74, 6) is 0. The SMILES string of the molecule is Cc1cccc(N2CCC(NC(=O)N(C)C[C@H]3COCCO3)CC2)c1. The summed E-state index contributed by atoms with van der Waals surface area (Å²) in [6.45, 7) is 6.44. The van der Waals surface area contributed by atoms with Gasteiger partial charge in [0.2, 0.25) is 0 Å². The molecule has 6 nitrogen and oxygen atoms in total. The molecule has 2 amide bonds. The predicted molar refractivity (Wildman–Crippen MR) is 98.1 cm³/mol. The van der Waals surface area contributed by atoms with E-state index < -0.39 is 0 Å². The lowest BCUT2D eigenvalue weighted by Crippen LogP contribution is -2.50. The normalized spacial score (nSPS) is 21.8. The fourth-order valence-electron chi connectivity index (χ4n) is 3.42. The number of rotatable bonds is 4. The van der Waals surface area contributed by atoms with Crippen molar-refractivity contribution in [3.05, 3.63) is 29.8 Å². The molecule has 0 unspecified atom stereocenters. The molecule has 3 rings (SSSR count). The highest BCUT2D eigenvalue weighted by Gasteiger charge is 2.24. The number of hydrogen-bond acceptors (Lipinski definition) is 4. The number of anilines is 1. The highest BCUT2D eigenvalue weighted by Crippen LogP contribution is 2.21. The molecule has 0 spiro atoms. The zero-order chi connectivity index (χ0) is 17.6. The van der Waals surface area contributed by atoms with E-state index in [0.29, 0.717) is 26.4 Å². The van der Waals surface area contributed by atoms with E-state index in [2.05, 4.69) is 41.4 Å². The Morgan fingerprint density at radius 2 is 2.12 bits per heavy atom. The Balaban J connectivity index is 1.42. The fraction of sp³-hybridized carbons (Fsp3) is 0.632. The topological polar surface area (TPSA) is 54.0 Å². The Kier molecular flexibility index (Phi) is 6.15. The van der Waals surface area contributed by atoms with Gasteiger partial charge < -0.3 is 24.6 Å². The summed E-state index contributed by atoms with van der Waals surface area (Å²) in [6, 6.07) is 8.81. The van der Waals surface area contributed by atoms with Crippen LogP contribution in [0.2, 0.25) is 0 Å². The van der Waals surface area contributed by atoms with Crippen molar-refractivity contribution in [3.63, 3.8) is 0 Å². The van der Waals surface area contributed by atoms with Gasteiger partial charge in [-0.15, -0.1) is 0 Å². The first kappa shape index (κ1) is 18.0. The van der Waals surface area contributed by atoms with E-state index in [9.17, 15) is 4.79 Å². The first-order chi connectivity index (χ1) is 12.1. The van der Waals surface area contributed by atoms with E-state index >= 15 is 0 Å². The number of ether oxygens (including phenoxy) is 2. The van der Waals surface area contributed by atoms with Crippen LogP contribution in [0.25, 0.3) is 0 Å². The largest absolute Gasteiger partial charge is 0.376 e. The molecule has 1 atom stereocenters. The van der Waals surface area contributed by atoms with Gasteiger partial charge in [-0.1, -0.05) is 12.1 Å². The van der Waals surface area contributed by atoms with Crippen LogP contribution in [0.1, 0.15) is 18.4 Å². The molecule has 0 saturated carbocycles. The van der Waals surface area contributed by atoms with E-state index in [0.717, 1.165) is 25.9 Å². The van der Waals surface area contributed by atoms with Gasteiger partial charge >= 0.3 is 6.03 Å². The lowest BCUT2D eigenvalue weighted by molar-refractivity contribution is -0.0928.